The monoisotopic (exact) mass is 763 g/mol. The van der Waals surface area contributed by atoms with Gasteiger partial charge in [-0.05, 0) is 17.9 Å². The van der Waals surface area contributed by atoms with Crippen LogP contribution in [0.5, 0.6) is 0 Å². The van der Waals surface area contributed by atoms with Gasteiger partial charge in [-0.15, -0.1) is 0 Å². The van der Waals surface area contributed by atoms with Crippen molar-refractivity contribution in [1.29, 1.82) is 0 Å². The maximum Gasteiger partial charge on any atom is 0.254 e. The number of rotatable bonds is 23. The summed E-state index contributed by atoms with van der Waals surface area (Å²) in [4.78, 5) is 101. The molecular formula is C34H49N7O13. The Labute approximate surface area is 310 Å². The third kappa shape index (κ3) is 15.8. The van der Waals surface area contributed by atoms with Crippen LogP contribution in [0.2, 0.25) is 0 Å². The van der Waals surface area contributed by atoms with Crippen molar-refractivity contribution >= 4 is 47.3 Å². The highest BCUT2D eigenvalue weighted by atomic mass is 16.4. The summed E-state index contributed by atoms with van der Waals surface area (Å²) in [5.74, 6) is -6.02. The van der Waals surface area contributed by atoms with E-state index in [1.165, 1.54) is 0 Å². The van der Waals surface area contributed by atoms with Crippen molar-refractivity contribution in [1.82, 2.24) is 36.8 Å². The van der Waals surface area contributed by atoms with Crippen molar-refractivity contribution < 1.29 is 63.9 Å². The minimum Gasteiger partial charge on any atom is -0.394 e. The van der Waals surface area contributed by atoms with Gasteiger partial charge in [0.2, 0.25) is 35.4 Å². The molecule has 0 aliphatic carbocycles. The van der Waals surface area contributed by atoms with E-state index in [-0.39, 0.29) is 18.9 Å². The summed E-state index contributed by atoms with van der Waals surface area (Å²) in [6, 6.07) is 5.98. The molecular weight excluding hydrogens is 714 g/mol. The first-order chi connectivity index (χ1) is 25.5. The lowest BCUT2D eigenvalue weighted by Gasteiger charge is -2.25. The minimum absolute atomic E-state index is 0.0310. The van der Waals surface area contributed by atoms with E-state index in [0.717, 1.165) is 12.2 Å². The predicted molar refractivity (Wildman–Crippen MR) is 187 cm³/mol. The first-order valence-corrected chi connectivity index (χ1v) is 17.1. The van der Waals surface area contributed by atoms with Gasteiger partial charge < -0.3 is 57.4 Å². The van der Waals surface area contributed by atoms with E-state index in [2.05, 4.69) is 31.9 Å². The van der Waals surface area contributed by atoms with Crippen LogP contribution in [0.1, 0.15) is 32.3 Å². The van der Waals surface area contributed by atoms with Gasteiger partial charge in [0.15, 0.2) is 0 Å². The zero-order valence-corrected chi connectivity index (χ0v) is 29.9. The third-order valence-electron chi connectivity index (χ3n) is 7.84. The van der Waals surface area contributed by atoms with Crippen LogP contribution in [-0.4, -0.2) is 154 Å². The largest absolute Gasteiger partial charge is 0.394 e. The SMILES string of the molecule is CC(C)CNC(=O)CNC(=O)[C@H](Cc1ccccc1)NC(=O)CNC(=O)[C@H](CCC(=O)NC[C@H](O)[C@@H](O)[C@H](O)[C@H](O)CO)NC(=O)CN1C(=O)C=CC1=O. The van der Waals surface area contributed by atoms with Crippen LogP contribution in [-0.2, 0) is 44.8 Å². The normalized spacial score (nSPS) is 15.7. The van der Waals surface area contributed by atoms with E-state index in [0.29, 0.717) is 17.0 Å². The van der Waals surface area contributed by atoms with Crippen molar-refractivity contribution in [3.05, 3.63) is 48.0 Å². The number of carbonyl (C=O) groups excluding carboxylic acids is 8. The molecule has 1 aliphatic heterocycles. The zero-order valence-electron chi connectivity index (χ0n) is 29.9. The Bertz CT molecular complexity index is 1490. The summed E-state index contributed by atoms with van der Waals surface area (Å²) in [6.45, 7) is 0.848. The Morgan fingerprint density at radius 3 is 1.80 bits per heavy atom. The van der Waals surface area contributed by atoms with Crippen LogP contribution in [0, 0.1) is 5.92 Å². The first kappa shape index (κ1) is 44.9. The van der Waals surface area contributed by atoms with Gasteiger partial charge in [-0.2, -0.15) is 0 Å². The maximum absolute atomic E-state index is 13.2. The quantitative estimate of drug-likeness (QED) is 0.0464. The van der Waals surface area contributed by atoms with Crippen molar-refractivity contribution in [2.45, 2.75) is 69.6 Å². The molecule has 1 aliphatic rings. The fourth-order valence-electron chi connectivity index (χ4n) is 4.77. The fourth-order valence-corrected chi connectivity index (χ4v) is 4.77. The Hall–Kier alpha value is -5.28. The highest BCUT2D eigenvalue weighted by Gasteiger charge is 2.31. The number of hydrogen-bond donors (Lipinski definition) is 11. The van der Waals surface area contributed by atoms with Crippen LogP contribution >= 0.6 is 0 Å². The highest BCUT2D eigenvalue weighted by Crippen LogP contribution is 2.07. The average molecular weight is 764 g/mol. The zero-order chi connectivity index (χ0) is 40.4. The number of benzene rings is 1. The van der Waals surface area contributed by atoms with E-state index in [9.17, 15) is 58.8 Å². The number of aliphatic hydroxyl groups is 5. The smallest absolute Gasteiger partial charge is 0.254 e. The molecule has 11 N–H and O–H groups in total. The van der Waals surface area contributed by atoms with Gasteiger partial charge in [-0.25, -0.2) is 0 Å². The molecule has 2 rings (SSSR count). The Morgan fingerprint density at radius 2 is 1.20 bits per heavy atom. The van der Waals surface area contributed by atoms with Crippen molar-refractivity contribution in [3.63, 3.8) is 0 Å². The molecule has 0 saturated carbocycles. The van der Waals surface area contributed by atoms with E-state index in [1.807, 2.05) is 13.8 Å². The maximum atomic E-state index is 13.2. The van der Waals surface area contributed by atoms with Crippen LogP contribution in [0.4, 0.5) is 0 Å². The second-order valence-corrected chi connectivity index (χ2v) is 12.8. The first-order valence-electron chi connectivity index (χ1n) is 17.1. The summed E-state index contributed by atoms with van der Waals surface area (Å²) in [6.07, 6.45) is -6.39. The van der Waals surface area contributed by atoms with Crippen molar-refractivity contribution in [2.24, 2.45) is 5.92 Å². The predicted octanol–water partition coefficient (Wildman–Crippen LogP) is -5.54. The molecule has 20 nitrogen and oxygen atoms in total. The van der Waals surface area contributed by atoms with Gasteiger partial charge in [0.05, 0.1) is 25.8 Å². The highest BCUT2D eigenvalue weighted by molar-refractivity contribution is 6.14. The van der Waals surface area contributed by atoms with Crippen LogP contribution < -0.4 is 31.9 Å². The van der Waals surface area contributed by atoms with E-state index >= 15 is 0 Å². The van der Waals surface area contributed by atoms with Crippen molar-refractivity contribution in [2.75, 3.05) is 39.3 Å². The molecule has 6 atom stereocenters. The van der Waals surface area contributed by atoms with Crippen LogP contribution in [0.15, 0.2) is 42.5 Å². The molecule has 0 spiro atoms. The molecule has 0 fully saturated rings. The molecule has 20 heteroatoms. The second kappa shape index (κ2) is 22.7. The lowest BCUT2D eigenvalue weighted by Crippen LogP contribution is -2.54. The van der Waals surface area contributed by atoms with Gasteiger partial charge in [0, 0.05) is 38.1 Å². The number of imide groups is 1. The molecule has 0 unspecified atom stereocenters. The van der Waals surface area contributed by atoms with Gasteiger partial charge in [0.25, 0.3) is 11.8 Å². The summed E-state index contributed by atoms with van der Waals surface area (Å²) in [5, 5.41) is 62.6. The molecule has 0 bridgehead atoms. The molecule has 0 saturated heterocycles. The molecule has 0 radical (unpaired) electrons. The lowest BCUT2D eigenvalue weighted by atomic mass is 10.0. The average Bonchev–Trinajstić information content (AvgIpc) is 3.46. The van der Waals surface area contributed by atoms with Gasteiger partial charge in [-0.3, -0.25) is 43.3 Å². The Morgan fingerprint density at radius 1 is 0.667 bits per heavy atom. The molecule has 8 amide bonds. The minimum atomic E-state index is -1.95. The van der Waals surface area contributed by atoms with E-state index < -0.39 is 123 Å². The lowest BCUT2D eigenvalue weighted by molar-refractivity contribution is -0.141. The number of hydrogen-bond acceptors (Lipinski definition) is 13. The molecule has 1 aromatic carbocycles. The molecule has 54 heavy (non-hydrogen) atoms. The second-order valence-electron chi connectivity index (χ2n) is 12.8. The molecule has 298 valence electrons. The number of nitrogens with zero attached hydrogens (tertiary/aromatic N) is 1. The van der Waals surface area contributed by atoms with Crippen LogP contribution in [0.25, 0.3) is 0 Å². The molecule has 1 heterocycles. The summed E-state index contributed by atoms with van der Waals surface area (Å²) < 4.78 is 0. The Kier molecular flexibility index (Phi) is 18.9. The summed E-state index contributed by atoms with van der Waals surface area (Å²) >= 11 is 0. The van der Waals surface area contributed by atoms with E-state index in [4.69, 9.17) is 5.11 Å². The van der Waals surface area contributed by atoms with Gasteiger partial charge in [0.1, 0.15) is 36.9 Å². The fraction of sp³-hybridized carbons (Fsp3) is 0.529. The topological polar surface area (TPSA) is 313 Å². The standard InChI is InChI=1S/C34H49N7O13/c1-19(2)13-35-26(46)15-37-34(54)22(12-20-6-4-3-5-7-20)40-27(47)16-38-33(53)21(39-28(48)17-41-29(49)10-11-30(41)50)8-9-25(45)36-14-23(43)31(51)32(52)24(44)18-42/h3-7,10-11,19,21-24,31-32,42-44,51-52H,8-9,12-18H2,1-2H3,(H,35,46)(H,36,45)(H,37,54)(H,38,53)(H,39,48)(H,40,47)/t21-,22-,23-,24+,31+,32+/m0/s1. The molecule has 0 aromatic heterocycles. The van der Waals surface area contributed by atoms with Crippen LogP contribution in [0.3, 0.4) is 0 Å². The van der Waals surface area contributed by atoms with E-state index in [1.54, 1.807) is 30.3 Å². The number of aliphatic hydroxyl groups excluding tert-OH is 5. The van der Waals surface area contributed by atoms with Gasteiger partial charge >= 0.3 is 0 Å². The Balaban J connectivity index is 2.07. The summed E-state index contributed by atoms with van der Waals surface area (Å²) in [7, 11) is 0. The number of amides is 8. The number of carbonyl (C=O) groups is 8. The molecule has 1 aromatic rings. The van der Waals surface area contributed by atoms with Gasteiger partial charge in [-0.1, -0.05) is 44.2 Å². The number of nitrogens with one attached hydrogen (secondary N) is 6. The van der Waals surface area contributed by atoms with Crippen molar-refractivity contribution in [3.8, 4) is 0 Å². The summed E-state index contributed by atoms with van der Waals surface area (Å²) in [5.41, 5.74) is 0.679. The third-order valence-corrected chi connectivity index (χ3v) is 7.84.